The molecule has 1 atom stereocenters. The Morgan fingerprint density at radius 3 is 2.72 bits per heavy atom. The van der Waals surface area contributed by atoms with Crippen molar-refractivity contribution in [3.63, 3.8) is 0 Å². The maximum Gasteiger partial charge on any atom is 0.117 e. The van der Waals surface area contributed by atoms with Crippen LogP contribution in [0.1, 0.15) is 19.0 Å². The number of nitrogens with zero attached hydrogens (tertiary/aromatic N) is 2. The molecule has 0 bridgehead atoms. The molecule has 1 aromatic carbocycles. The van der Waals surface area contributed by atoms with Crippen molar-refractivity contribution in [1.29, 1.82) is 0 Å². The third kappa shape index (κ3) is 2.94. The summed E-state index contributed by atoms with van der Waals surface area (Å²) in [5, 5.41) is 23.4. The van der Waals surface area contributed by atoms with E-state index >= 15 is 0 Å². The quantitative estimate of drug-likeness (QED) is 0.719. The molecule has 5 nitrogen and oxygen atoms in total. The molecule has 5 heteroatoms. The van der Waals surface area contributed by atoms with Gasteiger partial charge in [0.05, 0.1) is 6.61 Å². The molecule has 0 amide bonds. The lowest BCUT2D eigenvalue weighted by molar-refractivity contribution is 0.238. The summed E-state index contributed by atoms with van der Waals surface area (Å²) in [5.74, 6) is 0. The second-order valence-corrected chi connectivity index (χ2v) is 4.15. The molecule has 0 saturated carbocycles. The zero-order valence-electron chi connectivity index (χ0n) is 10.4. The first kappa shape index (κ1) is 12.7. The van der Waals surface area contributed by atoms with Crippen molar-refractivity contribution in [3.8, 4) is 11.3 Å². The zero-order valence-corrected chi connectivity index (χ0v) is 10.4. The van der Waals surface area contributed by atoms with Crippen molar-refractivity contribution in [3.05, 3.63) is 36.0 Å². The number of benzene rings is 1. The largest absolute Gasteiger partial charge is 0.395 e. The van der Waals surface area contributed by atoms with Crippen LogP contribution in [0, 0.1) is 0 Å². The van der Waals surface area contributed by atoms with E-state index in [4.69, 9.17) is 5.11 Å². The van der Waals surface area contributed by atoms with Crippen molar-refractivity contribution in [2.45, 2.75) is 25.9 Å². The number of hydrogen-bond donors (Lipinski definition) is 3. The van der Waals surface area contributed by atoms with Gasteiger partial charge in [-0.3, -0.25) is 0 Å². The van der Waals surface area contributed by atoms with Gasteiger partial charge in [0, 0.05) is 18.2 Å². The summed E-state index contributed by atoms with van der Waals surface area (Å²) in [7, 11) is 0. The molecular weight excluding hydrogens is 228 g/mol. The number of hydrogen-bond acceptors (Lipinski definition) is 4. The first-order chi connectivity index (χ1) is 8.85. The van der Waals surface area contributed by atoms with Gasteiger partial charge in [0.1, 0.15) is 11.4 Å². The van der Waals surface area contributed by atoms with Gasteiger partial charge in [0.2, 0.25) is 0 Å². The van der Waals surface area contributed by atoms with Gasteiger partial charge in [-0.1, -0.05) is 37.3 Å². The first-order valence-electron chi connectivity index (χ1n) is 6.14. The number of H-pyrrole nitrogens is 1. The molecule has 1 heterocycles. The van der Waals surface area contributed by atoms with Gasteiger partial charge in [-0.15, -0.1) is 0 Å². The Labute approximate surface area is 106 Å². The Balaban J connectivity index is 2.09. The van der Waals surface area contributed by atoms with Gasteiger partial charge < -0.3 is 10.4 Å². The van der Waals surface area contributed by atoms with Crippen molar-refractivity contribution < 1.29 is 5.11 Å². The van der Waals surface area contributed by atoms with Crippen molar-refractivity contribution >= 4 is 0 Å². The molecule has 0 fully saturated rings. The lowest BCUT2D eigenvalue weighted by Crippen LogP contribution is -2.31. The molecule has 0 unspecified atom stereocenters. The summed E-state index contributed by atoms with van der Waals surface area (Å²) in [6.45, 7) is 2.77. The van der Waals surface area contributed by atoms with E-state index in [0.717, 1.165) is 23.4 Å². The topological polar surface area (TPSA) is 73.8 Å². The highest BCUT2D eigenvalue weighted by Crippen LogP contribution is 2.18. The highest BCUT2D eigenvalue weighted by molar-refractivity contribution is 5.60. The Kier molecular flexibility index (Phi) is 4.44. The first-order valence-corrected chi connectivity index (χ1v) is 6.14. The van der Waals surface area contributed by atoms with Gasteiger partial charge in [0.25, 0.3) is 0 Å². The summed E-state index contributed by atoms with van der Waals surface area (Å²) in [6, 6.07) is 10.0. The minimum Gasteiger partial charge on any atom is -0.395 e. The monoisotopic (exact) mass is 246 g/mol. The Morgan fingerprint density at radius 2 is 2.06 bits per heavy atom. The van der Waals surface area contributed by atoms with Gasteiger partial charge in [-0.05, 0) is 6.42 Å². The minimum atomic E-state index is 0.102. The predicted octanol–water partition coefficient (Wildman–Crippen LogP) is 1.33. The Morgan fingerprint density at radius 1 is 1.28 bits per heavy atom. The lowest BCUT2D eigenvalue weighted by Gasteiger charge is -2.12. The van der Waals surface area contributed by atoms with E-state index in [-0.39, 0.29) is 12.6 Å². The highest BCUT2D eigenvalue weighted by Gasteiger charge is 2.11. The molecule has 2 rings (SSSR count). The van der Waals surface area contributed by atoms with Gasteiger partial charge in [-0.25, -0.2) is 0 Å². The second kappa shape index (κ2) is 6.28. The SMILES string of the molecule is CC[C@@H](CO)NCc1n[nH]nc1-c1ccccc1. The number of aromatic nitrogens is 3. The van der Waals surface area contributed by atoms with Crippen molar-refractivity contribution in [2.75, 3.05) is 6.61 Å². The van der Waals surface area contributed by atoms with E-state index in [1.807, 2.05) is 37.3 Å². The summed E-state index contributed by atoms with van der Waals surface area (Å²) in [4.78, 5) is 0. The fraction of sp³-hybridized carbons (Fsp3) is 0.385. The van der Waals surface area contributed by atoms with Crippen LogP contribution < -0.4 is 5.32 Å². The number of aliphatic hydroxyl groups excluding tert-OH is 1. The summed E-state index contributed by atoms with van der Waals surface area (Å²) >= 11 is 0. The standard InChI is InChI=1S/C13H18N4O/c1-2-11(9-18)14-8-12-13(16-17-15-12)10-6-4-3-5-7-10/h3-7,11,14,18H,2,8-9H2,1H3,(H,15,16,17)/t11-/m0/s1. The summed E-state index contributed by atoms with van der Waals surface area (Å²) in [6.07, 6.45) is 0.884. The zero-order chi connectivity index (χ0) is 12.8. The molecule has 1 aromatic heterocycles. The van der Waals surface area contributed by atoms with Gasteiger partial charge in [-0.2, -0.15) is 15.4 Å². The Bertz CT molecular complexity index is 465. The van der Waals surface area contributed by atoms with Crippen LogP contribution in [0.3, 0.4) is 0 Å². The molecular formula is C13H18N4O. The normalized spacial score (nSPS) is 12.6. The average molecular weight is 246 g/mol. The minimum absolute atomic E-state index is 0.102. The molecule has 0 aliphatic heterocycles. The lowest BCUT2D eigenvalue weighted by atomic mass is 10.1. The second-order valence-electron chi connectivity index (χ2n) is 4.15. The predicted molar refractivity (Wildman–Crippen MR) is 69.8 cm³/mol. The number of aromatic amines is 1. The number of rotatable bonds is 6. The van der Waals surface area contributed by atoms with E-state index in [9.17, 15) is 0 Å². The highest BCUT2D eigenvalue weighted by atomic mass is 16.3. The smallest absolute Gasteiger partial charge is 0.117 e. The molecule has 0 spiro atoms. The number of nitrogens with one attached hydrogen (secondary N) is 2. The summed E-state index contributed by atoms with van der Waals surface area (Å²) in [5.41, 5.74) is 2.77. The van der Waals surface area contributed by atoms with Crippen LogP contribution >= 0.6 is 0 Å². The van der Waals surface area contributed by atoms with E-state index < -0.39 is 0 Å². The average Bonchev–Trinajstić information content (AvgIpc) is 2.89. The molecule has 0 aliphatic rings. The maximum atomic E-state index is 9.13. The van der Waals surface area contributed by atoms with E-state index in [2.05, 4.69) is 20.7 Å². The van der Waals surface area contributed by atoms with Gasteiger partial charge >= 0.3 is 0 Å². The molecule has 0 saturated heterocycles. The fourth-order valence-corrected chi connectivity index (χ4v) is 1.78. The van der Waals surface area contributed by atoms with E-state index in [0.29, 0.717) is 6.54 Å². The molecule has 0 radical (unpaired) electrons. The van der Waals surface area contributed by atoms with Crippen LogP contribution in [-0.2, 0) is 6.54 Å². The van der Waals surface area contributed by atoms with Crippen LogP contribution in [0.25, 0.3) is 11.3 Å². The van der Waals surface area contributed by atoms with Crippen LogP contribution in [0.2, 0.25) is 0 Å². The van der Waals surface area contributed by atoms with E-state index in [1.165, 1.54) is 0 Å². The maximum absolute atomic E-state index is 9.13. The molecule has 0 aliphatic carbocycles. The summed E-state index contributed by atoms with van der Waals surface area (Å²) < 4.78 is 0. The van der Waals surface area contributed by atoms with Crippen molar-refractivity contribution in [2.24, 2.45) is 0 Å². The fourth-order valence-electron chi connectivity index (χ4n) is 1.78. The van der Waals surface area contributed by atoms with Gasteiger partial charge in [0.15, 0.2) is 0 Å². The third-order valence-corrected chi connectivity index (χ3v) is 2.94. The van der Waals surface area contributed by atoms with E-state index in [1.54, 1.807) is 0 Å². The van der Waals surface area contributed by atoms with Crippen LogP contribution in [0.15, 0.2) is 30.3 Å². The van der Waals surface area contributed by atoms with Crippen LogP contribution in [0.4, 0.5) is 0 Å². The molecule has 2 aromatic rings. The number of aliphatic hydroxyl groups is 1. The molecule has 3 N–H and O–H groups in total. The molecule has 18 heavy (non-hydrogen) atoms. The Hall–Kier alpha value is -1.72. The third-order valence-electron chi connectivity index (χ3n) is 2.94. The van der Waals surface area contributed by atoms with Crippen LogP contribution in [-0.4, -0.2) is 33.2 Å². The van der Waals surface area contributed by atoms with Crippen LogP contribution in [0.5, 0.6) is 0 Å². The molecule has 96 valence electrons. The van der Waals surface area contributed by atoms with Crippen molar-refractivity contribution in [1.82, 2.24) is 20.7 Å².